The molecule has 0 unspecified atom stereocenters. The van der Waals surface area contributed by atoms with Gasteiger partial charge in [0.2, 0.25) is 5.95 Å². The van der Waals surface area contributed by atoms with Gasteiger partial charge >= 0.3 is 5.97 Å². The van der Waals surface area contributed by atoms with Crippen LogP contribution in [0.1, 0.15) is 47.6 Å². The highest BCUT2D eigenvalue weighted by Gasteiger charge is 2.40. The minimum absolute atomic E-state index is 0.242. The van der Waals surface area contributed by atoms with E-state index in [2.05, 4.69) is 20.4 Å². The molecule has 1 aromatic carbocycles. The van der Waals surface area contributed by atoms with Crippen molar-refractivity contribution in [1.82, 2.24) is 19.7 Å². The number of anilines is 2. The first-order valence-electron chi connectivity index (χ1n) is 10.8. The van der Waals surface area contributed by atoms with Crippen molar-refractivity contribution in [3.05, 3.63) is 54.0 Å². The van der Waals surface area contributed by atoms with Crippen LogP contribution < -0.4 is 5.32 Å². The summed E-state index contributed by atoms with van der Waals surface area (Å²) in [5.41, 5.74) is 3.55. The van der Waals surface area contributed by atoms with Crippen molar-refractivity contribution < 1.29 is 19.4 Å². The maximum atomic E-state index is 11.1. The highest BCUT2D eigenvalue weighted by molar-refractivity contribution is 5.88. The molecule has 0 amide bonds. The molecule has 1 aliphatic carbocycles. The molecule has 9 heteroatoms. The van der Waals surface area contributed by atoms with Gasteiger partial charge in [-0.1, -0.05) is 12.1 Å². The lowest BCUT2D eigenvalue weighted by Gasteiger charge is -2.35. The normalized spacial score (nSPS) is 18.2. The van der Waals surface area contributed by atoms with Crippen molar-refractivity contribution in [3.8, 4) is 11.3 Å². The van der Waals surface area contributed by atoms with Crippen molar-refractivity contribution in [3.63, 3.8) is 0 Å². The number of benzene rings is 1. The zero-order valence-corrected chi connectivity index (χ0v) is 17.8. The number of nitrogens with zero attached hydrogens (tertiary/aromatic N) is 4. The number of ether oxygens (including phenoxy) is 2. The van der Waals surface area contributed by atoms with Gasteiger partial charge in [0.15, 0.2) is 5.79 Å². The molecule has 3 heterocycles. The van der Waals surface area contributed by atoms with E-state index in [0.29, 0.717) is 25.2 Å². The molecular formula is C23H25N5O4. The van der Waals surface area contributed by atoms with E-state index in [-0.39, 0.29) is 11.4 Å². The molecule has 0 atom stereocenters. The third kappa shape index (κ3) is 4.09. The lowest BCUT2D eigenvalue weighted by molar-refractivity contribution is -0.181. The zero-order valence-electron chi connectivity index (χ0n) is 17.8. The predicted octanol–water partition coefficient (Wildman–Crippen LogP) is 3.95. The molecule has 1 aliphatic heterocycles. The molecule has 2 aliphatic rings. The number of aryl methyl sites for hydroxylation is 1. The summed E-state index contributed by atoms with van der Waals surface area (Å²) in [6.07, 6.45) is 9.18. The third-order valence-electron chi connectivity index (χ3n) is 6.14. The van der Waals surface area contributed by atoms with Crippen molar-refractivity contribution in [2.24, 2.45) is 0 Å². The largest absolute Gasteiger partial charge is 0.478 e. The average molecular weight is 435 g/mol. The van der Waals surface area contributed by atoms with Crippen LogP contribution in [0.3, 0.4) is 0 Å². The van der Waals surface area contributed by atoms with Gasteiger partial charge in [-0.25, -0.2) is 14.8 Å². The molecule has 166 valence electrons. The van der Waals surface area contributed by atoms with Gasteiger partial charge < -0.3 is 19.9 Å². The molecule has 9 nitrogen and oxygen atoms in total. The Kier molecular flexibility index (Phi) is 5.36. The van der Waals surface area contributed by atoms with Gasteiger partial charge in [-0.05, 0) is 37.5 Å². The van der Waals surface area contributed by atoms with E-state index in [9.17, 15) is 4.79 Å². The van der Waals surface area contributed by atoms with Gasteiger partial charge in [-0.2, -0.15) is 5.10 Å². The van der Waals surface area contributed by atoms with Crippen LogP contribution in [-0.4, -0.2) is 49.8 Å². The highest BCUT2D eigenvalue weighted by Crippen LogP contribution is 2.40. The van der Waals surface area contributed by atoms with E-state index < -0.39 is 5.97 Å². The standard InChI is InChI=1S/C23H25N5O4/c1-15-12-24-22(27-20(15)16-2-4-17(5-3-16)21(29)30)26-18-13-25-28(14-18)19-6-8-23(9-7-19)31-10-11-32-23/h2-5,12-14,19H,6-11H2,1H3,(H,29,30)(H,24,26,27). The van der Waals surface area contributed by atoms with Crippen LogP contribution in [0, 0.1) is 6.92 Å². The number of hydrogen-bond donors (Lipinski definition) is 2. The Morgan fingerprint density at radius 2 is 1.88 bits per heavy atom. The molecular weight excluding hydrogens is 410 g/mol. The zero-order chi connectivity index (χ0) is 22.1. The van der Waals surface area contributed by atoms with Gasteiger partial charge in [-0.15, -0.1) is 0 Å². The topological polar surface area (TPSA) is 111 Å². The van der Waals surface area contributed by atoms with Crippen molar-refractivity contribution in [2.75, 3.05) is 18.5 Å². The van der Waals surface area contributed by atoms with Crippen LogP contribution >= 0.6 is 0 Å². The summed E-state index contributed by atoms with van der Waals surface area (Å²) in [6, 6.07) is 6.98. The maximum absolute atomic E-state index is 11.1. The number of aromatic carboxylic acids is 1. The quantitative estimate of drug-likeness (QED) is 0.620. The smallest absolute Gasteiger partial charge is 0.335 e. The summed E-state index contributed by atoms with van der Waals surface area (Å²) in [5.74, 6) is -0.867. The molecule has 2 N–H and O–H groups in total. The fraction of sp³-hybridized carbons (Fsp3) is 0.391. The summed E-state index contributed by atoms with van der Waals surface area (Å²) in [4.78, 5) is 20.1. The first-order valence-corrected chi connectivity index (χ1v) is 10.8. The van der Waals surface area contributed by atoms with Crippen molar-refractivity contribution in [1.29, 1.82) is 0 Å². The molecule has 0 bridgehead atoms. The maximum Gasteiger partial charge on any atom is 0.335 e. The molecule has 5 rings (SSSR count). The van der Waals surface area contributed by atoms with Gasteiger partial charge in [0.1, 0.15) is 0 Å². The average Bonchev–Trinajstić information content (AvgIpc) is 3.46. The second-order valence-corrected chi connectivity index (χ2v) is 8.28. The third-order valence-corrected chi connectivity index (χ3v) is 6.14. The molecule has 3 aromatic rings. The lowest BCUT2D eigenvalue weighted by Crippen LogP contribution is -2.35. The first kappa shape index (κ1) is 20.6. The number of carboxylic acid groups (broad SMARTS) is 1. The van der Waals surface area contributed by atoms with E-state index in [1.165, 1.54) is 0 Å². The van der Waals surface area contributed by atoms with Crippen LogP contribution in [0.2, 0.25) is 0 Å². The van der Waals surface area contributed by atoms with E-state index in [0.717, 1.165) is 48.2 Å². The van der Waals surface area contributed by atoms with Crippen molar-refractivity contribution in [2.45, 2.75) is 44.4 Å². The van der Waals surface area contributed by atoms with Gasteiger partial charge in [-0.3, -0.25) is 4.68 Å². The Balaban J connectivity index is 1.28. The lowest BCUT2D eigenvalue weighted by atomic mass is 9.90. The number of hydrogen-bond acceptors (Lipinski definition) is 7. The number of carboxylic acids is 1. The van der Waals surface area contributed by atoms with E-state index in [4.69, 9.17) is 14.6 Å². The van der Waals surface area contributed by atoms with E-state index in [1.807, 2.05) is 17.8 Å². The van der Waals surface area contributed by atoms with Crippen LogP contribution in [0.5, 0.6) is 0 Å². The number of nitrogens with one attached hydrogen (secondary N) is 1. The van der Waals surface area contributed by atoms with Crippen LogP contribution in [0.4, 0.5) is 11.6 Å². The molecule has 32 heavy (non-hydrogen) atoms. The molecule has 0 radical (unpaired) electrons. The Hall–Kier alpha value is -3.30. The molecule has 1 saturated carbocycles. The summed E-state index contributed by atoms with van der Waals surface area (Å²) in [6.45, 7) is 3.29. The Bertz CT molecular complexity index is 1110. The fourth-order valence-corrected chi connectivity index (χ4v) is 4.39. The summed E-state index contributed by atoms with van der Waals surface area (Å²) < 4.78 is 13.6. The number of aromatic nitrogens is 4. The van der Waals surface area contributed by atoms with Gasteiger partial charge in [0, 0.05) is 30.8 Å². The number of rotatable bonds is 5. The van der Waals surface area contributed by atoms with Crippen LogP contribution in [-0.2, 0) is 9.47 Å². The van der Waals surface area contributed by atoms with Crippen molar-refractivity contribution >= 4 is 17.6 Å². The molecule has 2 aromatic heterocycles. The first-order chi connectivity index (χ1) is 15.5. The Morgan fingerprint density at radius 1 is 1.16 bits per heavy atom. The predicted molar refractivity (Wildman–Crippen MR) is 117 cm³/mol. The SMILES string of the molecule is Cc1cnc(Nc2cnn(C3CCC4(CC3)OCCO4)c2)nc1-c1ccc(C(=O)O)cc1. The highest BCUT2D eigenvalue weighted by atomic mass is 16.7. The summed E-state index contributed by atoms with van der Waals surface area (Å²) in [5, 5.41) is 16.9. The summed E-state index contributed by atoms with van der Waals surface area (Å²) >= 11 is 0. The van der Waals surface area contributed by atoms with Gasteiger partial charge in [0.25, 0.3) is 0 Å². The monoisotopic (exact) mass is 435 g/mol. The second kappa shape index (κ2) is 8.33. The van der Waals surface area contributed by atoms with E-state index >= 15 is 0 Å². The fourth-order valence-electron chi connectivity index (χ4n) is 4.39. The minimum atomic E-state index is -0.952. The van der Waals surface area contributed by atoms with Crippen LogP contribution in [0.25, 0.3) is 11.3 Å². The summed E-state index contributed by atoms with van der Waals surface area (Å²) in [7, 11) is 0. The Labute approximate surface area is 185 Å². The second-order valence-electron chi connectivity index (χ2n) is 8.28. The number of carbonyl (C=O) groups is 1. The van der Waals surface area contributed by atoms with E-state index in [1.54, 1.807) is 36.7 Å². The molecule has 1 spiro atoms. The van der Waals surface area contributed by atoms with Gasteiger partial charge in [0.05, 0.1) is 42.4 Å². The molecule has 2 fully saturated rings. The Morgan fingerprint density at radius 3 is 2.56 bits per heavy atom. The minimum Gasteiger partial charge on any atom is -0.478 e. The molecule has 1 saturated heterocycles. The van der Waals surface area contributed by atoms with Crippen LogP contribution in [0.15, 0.2) is 42.9 Å².